The van der Waals surface area contributed by atoms with Crippen molar-refractivity contribution in [1.29, 1.82) is 0 Å². The summed E-state index contributed by atoms with van der Waals surface area (Å²) in [6.45, 7) is 8.67. The lowest BCUT2D eigenvalue weighted by Crippen LogP contribution is -2.32. The molecule has 0 atom stereocenters. The Morgan fingerprint density at radius 3 is 2.67 bits per heavy atom. The van der Waals surface area contributed by atoms with Crippen molar-refractivity contribution in [2.75, 3.05) is 39.9 Å². The van der Waals surface area contributed by atoms with E-state index in [9.17, 15) is 0 Å². The van der Waals surface area contributed by atoms with Crippen molar-refractivity contribution in [2.45, 2.75) is 19.3 Å². The third-order valence-corrected chi connectivity index (χ3v) is 3.06. The molecule has 1 rings (SSSR count). The van der Waals surface area contributed by atoms with Gasteiger partial charge in [0.05, 0.1) is 0 Å². The van der Waals surface area contributed by atoms with E-state index in [-0.39, 0.29) is 0 Å². The third kappa shape index (κ3) is 5.30. The predicted molar refractivity (Wildman–Crippen MR) is 64.1 cm³/mol. The third-order valence-electron chi connectivity index (χ3n) is 3.06. The molecule has 88 valence electrons. The summed E-state index contributed by atoms with van der Waals surface area (Å²) < 4.78 is 5.13. The molecule has 0 saturated heterocycles. The SMILES string of the molecule is C=CCNCCNCC1(CCOC)CC1. The van der Waals surface area contributed by atoms with Gasteiger partial charge >= 0.3 is 0 Å². The maximum absolute atomic E-state index is 5.13. The fraction of sp³-hybridized carbons (Fsp3) is 0.833. The van der Waals surface area contributed by atoms with Gasteiger partial charge < -0.3 is 15.4 Å². The normalized spacial score (nSPS) is 17.7. The van der Waals surface area contributed by atoms with Gasteiger partial charge in [-0.15, -0.1) is 6.58 Å². The largest absolute Gasteiger partial charge is 0.385 e. The van der Waals surface area contributed by atoms with E-state index in [1.807, 2.05) is 6.08 Å². The van der Waals surface area contributed by atoms with Crippen LogP contribution in [0.4, 0.5) is 0 Å². The van der Waals surface area contributed by atoms with Gasteiger partial charge in [0.1, 0.15) is 0 Å². The molecule has 1 aliphatic carbocycles. The van der Waals surface area contributed by atoms with Crippen molar-refractivity contribution in [2.24, 2.45) is 5.41 Å². The molecule has 0 unspecified atom stereocenters. The van der Waals surface area contributed by atoms with E-state index >= 15 is 0 Å². The highest BCUT2D eigenvalue weighted by atomic mass is 16.5. The lowest BCUT2D eigenvalue weighted by molar-refractivity contribution is 0.171. The molecule has 0 heterocycles. The zero-order valence-corrected chi connectivity index (χ0v) is 9.85. The van der Waals surface area contributed by atoms with Crippen LogP contribution in [0.5, 0.6) is 0 Å². The van der Waals surface area contributed by atoms with Crippen LogP contribution in [0.1, 0.15) is 19.3 Å². The minimum atomic E-state index is 0.564. The van der Waals surface area contributed by atoms with E-state index in [4.69, 9.17) is 4.74 Å². The summed E-state index contributed by atoms with van der Waals surface area (Å²) in [5.41, 5.74) is 0.564. The fourth-order valence-electron chi connectivity index (χ4n) is 1.74. The summed E-state index contributed by atoms with van der Waals surface area (Å²) >= 11 is 0. The van der Waals surface area contributed by atoms with Crippen LogP contribution < -0.4 is 10.6 Å². The topological polar surface area (TPSA) is 33.3 Å². The average Bonchev–Trinajstić information content (AvgIpc) is 3.01. The van der Waals surface area contributed by atoms with Gasteiger partial charge in [-0.25, -0.2) is 0 Å². The summed E-state index contributed by atoms with van der Waals surface area (Å²) in [7, 11) is 1.78. The van der Waals surface area contributed by atoms with Gasteiger partial charge in [-0.1, -0.05) is 6.08 Å². The molecule has 0 bridgehead atoms. The number of nitrogens with one attached hydrogen (secondary N) is 2. The Bertz CT molecular complexity index is 178. The van der Waals surface area contributed by atoms with E-state index in [0.717, 1.165) is 32.8 Å². The molecule has 3 heteroatoms. The predicted octanol–water partition coefficient (Wildman–Crippen LogP) is 1.17. The van der Waals surface area contributed by atoms with Crippen molar-refractivity contribution in [3.63, 3.8) is 0 Å². The molecule has 0 aromatic heterocycles. The monoisotopic (exact) mass is 212 g/mol. The summed E-state index contributed by atoms with van der Waals surface area (Å²) in [5.74, 6) is 0. The van der Waals surface area contributed by atoms with Gasteiger partial charge in [0, 0.05) is 39.9 Å². The lowest BCUT2D eigenvalue weighted by Gasteiger charge is -2.15. The number of hydrogen-bond donors (Lipinski definition) is 2. The molecule has 0 aromatic carbocycles. The van der Waals surface area contributed by atoms with E-state index in [1.54, 1.807) is 7.11 Å². The first-order valence-electron chi connectivity index (χ1n) is 5.84. The smallest absolute Gasteiger partial charge is 0.0468 e. The van der Waals surface area contributed by atoms with Crippen LogP contribution >= 0.6 is 0 Å². The summed E-state index contributed by atoms with van der Waals surface area (Å²) in [5, 5.41) is 6.78. The molecule has 1 fully saturated rings. The van der Waals surface area contributed by atoms with Crippen LogP contribution in [-0.2, 0) is 4.74 Å². The van der Waals surface area contributed by atoms with Crippen LogP contribution in [0.3, 0.4) is 0 Å². The lowest BCUT2D eigenvalue weighted by atomic mass is 10.0. The second-order valence-electron chi connectivity index (χ2n) is 4.41. The molecule has 0 spiro atoms. The number of ether oxygens (including phenoxy) is 1. The molecular formula is C12H24N2O. The van der Waals surface area contributed by atoms with Gasteiger partial charge in [0.2, 0.25) is 0 Å². The first-order valence-corrected chi connectivity index (χ1v) is 5.84. The zero-order chi connectivity index (χ0) is 11.0. The Hall–Kier alpha value is -0.380. The zero-order valence-electron chi connectivity index (χ0n) is 9.85. The van der Waals surface area contributed by atoms with E-state index in [0.29, 0.717) is 5.41 Å². The van der Waals surface area contributed by atoms with E-state index < -0.39 is 0 Å². The minimum absolute atomic E-state index is 0.564. The summed E-state index contributed by atoms with van der Waals surface area (Å²) in [6.07, 6.45) is 5.82. The van der Waals surface area contributed by atoms with Crippen molar-refractivity contribution in [3.05, 3.63) is 12.7 Å². The van der Waals surface area contributed by atoms with Crippen LogP contribution in [0.15, 0.2) is 12.7 Å². The molecule has 0 aromatic rings. The first-order chi connectivity index (χ1) is 7.33. The Kier molecular flexibility index (Phi) is 5.91. The maximum atomic E-state index is 5.13. The Labute approximate surface area is 93.3 Å². The van der Waals surface area contributed by atoms with Gasteiger partial charge in [-0.3, -0.25) is 0 Å². The van der Waals surface area contributed by atoms with E-state index in [2.05, 4.69) is 17.2 Å². The molecule has 15 heavy (non-hydrogen) atoms. The first kappa shape index (κ1) is 12.7. The van der Waals surface area contributed by atoms with Crippen molar-refractivity contribution >= 4 is 0 Å². The minimum Gasteiger partial charge on any atom is -0.385 e. The second kappa shape index (κ2) is 6.99. The van der Waals surface area contributed by atoms with Crippen molar-refractivity contribution in [1.82, 2.24) is 10.6 Å². The molecule has 0 amide bonds. The van der Waals surface area contributed by atoms with Gasteiger partial charge in [-0.2, -0.15) is 0 Å². The number of hydrogen-bond acceptors (Lipinski definition) is 3. The number of rotatable bonds is 10. The van der Waals surface area contributed by atoms with Gasteiger partial charge in [-0.05, 0) is 24.7 Å². The molecule has 1 saturated carbocycles. The maximum Gasteiger partial charge on any atom is 0.0468 e. The number of methoxy groups -OCH3 is 1. The Balaban J connectivity index is 1.92. The van der Waals surface area contributed by atoms with Crippen LogP contribution in [0, 0.1) is 5.41 Å². The highest BCUT2D eigenvalue weighted by Gasteiger charge is 2.41. The van der Waals surface area contributed by atoms with Crippen molar-refractivity contribution in [3.8, 4) is 0 Å². The molecule has 0 radical (unpaired) electrons. The Morgan fingerprint density at radius 2 is 2.07 bits per heavy atom. The van der Waals surface area contributed by atoms with Crippen LogP contribution in [-0.4, -0.2) is 39.9 Å². The molecule has 2 N–H and O–H groups in total. The van der Waals surface area contributed by atoms with E-state index in [1.165, 1.54) is 19.3 Å². The summed E-state index contributed by atoms with van der Waals surface area (Å²) in [4.78, 5) is 0. The molecule has 0 aliphatic heterocycles. The molecule has 3 nitrogen and oxygen atoms in total. The second-order valence-corrected chi connectivity index (χ2v) is 4.41. The summed E-state index contributed by atoms with van der Waals surface area (Å²) in [6, 6.07) is 0. The standard InChI is InChI=1S/C12H24N2O/c1-3-7-13-8-9-14-11-12(4-5-12)6-10-15-2/h3,13-14H,1,4-11H2,2H3. The highest BCUT2D eigenvalue weighted by molar-refractivity contribution is 4.94. The quantitative estimate of drug-likeness (QED) is 0.421. The van der Waals surface area contributed by atoms with Crippen molar-refractivity contribution < 1.29 is 4.74 Å². The fourth-order valence-corrected chi connectivity index (χ4v) is 1.74. The van der Waals surface area contributed by atoms with Crippen LogP contribution in [0.25, 0.3) is 0 Å². The average molecular weight is 212 g/mol. The van der Waals surface area contributed by atoms with Crippen LogP contribution in [0.2, 0.25) is 0 Å². The Morgan fingerprint density at radius 1 is 1.33 bits per heavy atom. The highest BCUT2D eigenvalue weighted by Crippen LogP contribution is 2.47. The van der Waals surface area contributed by atoms with Gasteiger partial charge in [0.15, 0.2) is 0 Å². The van der Waals surface area contributed by atoms with Gasteiger partial charge in [0.25, 0.3) is 0 Å². The molecule has 1 aliphatic rings. The molecular weight excluding hydrogens is 188 g/mol.